The fourth-order valence-electron chi connectivity index (χ4n) is 5.60. The van der Waals surface area contributed by atoms with Crippen LogP contribution in [0.25, 0.3) is 22.0 Å². The van der Waals surface area contributed by atoms with Crippen LogP contribution in [0.3, 0.4) is 0 Å². The molecule has 1 saturated carbocycles. The number of benzene rings is 2. The first-order chi connectivity index (χ1) is 19.1. The number of halogens is 1. The first-order valence-electron chi connectivity index (χ1n) is 13.8. The van der Waals surface area contributed by atoms with Crippen molar-refractivity contribution in [1.82, 2.24) is 19.9 Å². The topological polar surface area (TPSA) is 88.1 Å². The summed E-state index contributed by atoms with van der Waals surface area (Å²) in [4.78, 5) is 16.7. The number of nitrogens with zero attached hydrogens (tertiary/aromatic N) is 4. The predicted octanol–water partition coefficient (Wildman–Crippen LogP) is 6.47. The second-order valence-electron chi connectivity index (χ2n) is 10.9. The lowest BCUT2D eigenvalue weighted by molar-refractivity contribution is 0.221. The minimum Gasteiger partial charge on any atom is -0.351 e. The quantitative estimate of drug-likeness (QED) is 0.256. The van der Waals surface area contributed by atoms with Crippen molar-refractivity contribution in [2.45, 2.75) is 68.7 Å². The summed E-state index contributed by atoms with van der Waals surface area (Å²) in [7, 11) is 0.695. The molecule has 1 aliphatic rings. The Kier molecular flexibility index (Phi) is 8.40. The van der Waals surface area contributed by atoms with E-state index >= 15 is 0 Å². The molecule has 0 spiro atoms. The molecule has 5 rings (SSSR count). The van der Waals surface area contributed by atoms with Crippen LogP contribution in [-0.4, -0.2) is 54.4 Å². The van der Waals surface area contributed by atoms with Crippen LogP contribution < -0.4 is 5.32 Å². The van der Waals surface area contributed by atoms with Crippen LogP contribution in [0.1, 0.15) is 49.6 Å². The molecule has 9 heteroatoms. The molecule has 0 radical (unpaired) electrons. The van der Waals surface area contributed by atoms with Crippen molar-refractivity contribution in [2.75, 3.05) is 19.4 Å². The van der Waals surface area contributed by atoms with E-state index in [4.69, 9.17) is 16.6 Å². The summed E-state index contributed by atoms with van der Waals surface area (Å²) in [5.74, 6) is 0.473. The summed E-state index contributed by atoms with van der Waals surface area (Å²) in [5, 5.41) is 4.76. The van der Waals surface area contributed by atoms with E-state index in [0.29, 0.717) is 23.7 Å². The van der Waals surface area contributed by atoms with E-state index in [1.807, 2.05) is 19.2 Å². The first-order valence-corrected chi connectivity index (χ1v) is 15.8. The highest BCUT2D eigenvalue weighted by molar-refractivity contribution is 7.90. The molecule has 1 N–H and O–H groups in total. The van der Waals surface area contributed by atoms with Crippen molar-refractivity contribution in [3.05, 3.63) is 76.7 Å². The lowest BCUT2D eigenvalue weighted by Crippen LogP contribution is -2.36. The van der Waals surface area contributed by atoms with Gasteiger partial charge >= 0.3 is 0 Å². The third-order valence-corrected chi connectivity index (χ3v) is 10.0. The Hall–Kier alpha value is -3.07. The fourth-order valence-corrected chi connectivity index (χ4v) is 7.45. The maximum atomic E-state index is 13.0. The van der Waals surface area contributed by atoms with Crippen molar-refractivity contribution in [3.8, 4) is 11.1 Å². The van der Waals surface area contributed by atoms with Crippen molar-refractivity contribution in [2.24, 2.45) is 0 Å². The highest BCUT2D eigenvalue weighted by Crippen LogP contribution is 2.31. The maximum absolute atomic E-state index is 13.0. The van der Waals surface area contributed by atoms with Gasteiger partial charge in [0.1, 0.15) is 0 Å². The van der Waals surface area contributed by atoms with Gasteiger partial charge in [0.2, 0.25) is 5.95 Å². The molecule has 40 heavy (non-hydrogen) atoms. The molecule has 0 unspecified atom stereocenters. The minimum absolute atomic E-state index is 0.123. The van der Waals surface area contributed by atoms with Gasteiger partial charge < -0.3 is 10.2 Å². The van der Waals surface area contributed by atoms with E-state index in [9.17, 15) is 8.42 Å². The number of anilines is 1. The molecule has 7 nitrogen and oxygen atoms in total. The van der Waals surface area contributed by atoms with E-state index < -0.39 is 9.84 Å². The molecule has 1 aliphatic carbocycles. The Balaban J connectivity index is 1.37. The van der Waals surface area contributed by atoms with Crippen LogP contribution in [0.15, 0.2) is 59.6 Å². The van der Waals surface area contributed by atoms with Crippen LogP contribution in [0.2, 0.25) is 5.02 Å². The summed E-state index contributed by atoms with van der Waals surface area (Å²) >= 11 is 6.15. The van der Waals surface area contributed by atoms with Gasteiger partial charge in [-0.15, -0.1) is 0 Å². The molecule has 0 amide bonds. The summed E-state index contributed by atoms with van der Waals surface area (Å²) in [5.41, 5.74) is 5.31. The van der Waals surface area contributed by atoms with E-state index in [0.717, 1.165) is 52.5 Å². The third-order valence-electron chi connectivity index (χ3n) is 7.87. The normalized spacial score (nSPS) is 17.9. The largest absolute Gasteiger partial charge is 0.351 e. The van der Waals surface area contributed by atoms with Gasteiger partial charge in [-0.1, -0.05) is 36.7 Å². The molecular weight excluding hydrogens is 542 g/mol. The standard InChI is InChI=1S/C31H36ClN5O2S/c1-5-21-16-22(17-23-18-33-31(36-30(21)23)35-24-10-13-26(14-11-24)37(3)4)27-15-12-25(34-20(27)2)19-40(38,39)29-9-7-6-8-28(29)32/h6-9,12,15-18,24,26H,5,10-11,13-14,19H2,1-4H3,(H,33,35,36). The van der Waals surface area contributed by atoms with Crippen LogP contribution in [0.4, 0.5) is 5.95 Å². The smallest absolute Gasteiger partial charge is 0.223 e. The Morgan fingerprint density at radius 3 is 2.45 bits per heavy atom. The molecule has 4 aromatic rings. The summed E-state index contributed by atoms with van der Waals surface area (Å²) in [6, 6.07) is 15.5. The van der Waals surface area contributed by atoms with Crippen LogP contribution in [-0.2, 0) is 22.0 Å². The van der Waals surface area contributed by atoms with Crippen molar-refractivity contribution in [3.63, 3.8) is 0 Å². The zero-order valence-corrected chi connectivity index (χ0v) is 25.1. The number of pyridine rings is 1. The Morgan fingerprint density at radius 1 is 1.02 bits per heavy atom. The van der Waals surface area contributed by atoms with Gasteiger partial charge in [0.05, 0.1) is 26.9 Å². The molecule has 1 fully saturated rings. The highest BCUT2D eigenvalue weighted by atomic mass is 35.5. The number of aryl methyl sites for hydroxylation is 2. The molecule has 210 valence electrons. The first kappa shape index (κ1) is 28.5. The lowest BCUT2D eigenvalue weighted by atomic mass is 9.90. The number of aromatic nitrogens is 3. The molecule has 2 aromatic heterocycles. The molecule has 2 aromatic carbocycles. The second kappa shape index (κ2) is 11.8. The van der Waals surface area contributed by atoms with E-state index in [2.05, 4.69) is 53.3 Å². The van der Waals surface area contributed by atoms with Gasteiger partial charge in [-0.3, -0.25) is 4.98 Å². The number of rotatable bonds is 8. The van der Waals surface area contributed by atoms with Gasteiger partial charge in [0.15, 0.2) is 9.84 Å². The molecule has 0 bridgehead atoms. The number of sulfone groups is 1. The predicted molar refractivity (Wildman–Crippen MR) is 163 cm³/mol. The second-order valence-corrected chi connectivity index (χ2v) is 13.2. The third kappa shape index (κ3) is 6.14. The van der Waals surface area contributed by atoms with Gasteiger partial charge in [-0.05, 0) is 94.6 Å². The van der Waals surface area contributed by atoms with Crippen molar-refractivity contribution >= 4 is 38.3 Å². The lowest BCUT2D eigenvalue weighted by Gasteiger charge is -2.33. The van der Waals surface area contributed by atoms with Crippen LogP contribution in [0.5, 0.6) is 0 Å². The van der Waals surface area contributed by atoms with E-state index in [1.54, 1.807) is 24.3 Å². The molecule has 0 saturated heterocycles. The van der Waals surface area contributed by atoms with Gasteiger partial charge in [0.25, 0.3) is 0 Å². The number of hydrogen-bond acceptors (Lipinski definition) is 7. The summed E-state index contributed by atoms with van der Waals surface area (Å²) in [6.45, 7) is 4.04. The highest BCUT2D eigenvalue weighted by Gasteiger charge is 2.23. The maximum Gasteiger partial charge on any atom is 0.223 e. The molecular formula is C31H36ClN5O2S. The zero-order chi connectivity index (χ0) is 28.4. The SMILES string of the molecule is CCc1cc(-c2ccc(CS(=O)(=O)c3ccccc3Cl)nc2C)cc2cnc(NC3CCC(N(C)C)CC3)nc12. The van der Waals surface area contributed by atoms with Crippen LogP contribution in [0, 0.1) is 6.92 Å². The zero-order valence-electron chi connectivity index (χ0n) is 23.5. The number of hydrogen-bond donors (Lipinski definition) is 1. The number of fused-ring (bicyclic) bond motifs is 1. The molecule has 2 heterocycles. The Labute approximate surface area is 241 Å². The van der Waals surface area contributed by atoms with Crippen molar-refractivity contribution in [1.29, 1.82) is 0 Å². The van der Waals surface area contributed by atoms with Gasteiger partial charge in [-0.2, -0.15) is 0 Å². The minimum atomic E-state index is -3.62. The molecule has 0 atom stereocenters. The van der Waals surface area contributed by atoms with Gasteiger partial charge in [-0.25, -0.2) is 18.4 Å². The summed E-state index contributed by atoms with van der Waals surface area (Å²) in [6.07, 6.45) is 7.32. The monoisotopic (exact) mass is 577 g/mol. The van der Waals surface area contributed by atoms with Crippen LogP contribution >= 0.6 is 11.6 Å². The average Bonchev–Trinajstić information content (AvgIpc) is 2.93. The molecule has 0 aliphatic heterocycles. The van der Waals surface area contributed by atoms with Crippen molar-refractivity contribution < 1.29 is 8.42 Å². The average molecular weight is 578 g/mol. The van der Waals surface area contributed by atoms with E-state index in [-0.39, 0.29) is 15.7 Å². The van der Waals surface area contributed by atoms with Gasteiger partial charge in [0, 0.05) is 34.9 Å². The Morgan fingerprint density at radius 2 is 1.77 bits per heavy atom. The number of nitrogens with one attached hydrogen (secondary N) is 1. The summed E-state index contributed by atoms with van der Waals surface area (Å²) < 4.78 is 25.9. The fraction of sp³-hybridized carbons (Fsp3) is 0.387. The Bertz CT molecular complexity index is 1630. The van der Waals surface area contributed by atoms with E-state index in [1.165, 1.54) is 18.9 Å².